The molecule has 0 spiro atoms. The van der Waals surface area contributed by atoms with Gasteiger partial charge in [0.2, 0.25) is 0 Å². The predicted molar refractivity (Wildman–Crippen MR) is 66.1 cm³/mol. The Morgan fingerprint density at radius 1 is 1.60 bits per heavy atom. The van der Waals surface area contributed by atoms with Crippen molar-refractivity contribution < 1.29 is 0 Å². The molecule has 15 heavy (non-hydrogen) atoms. The van der Waals surface area contributed by atoms with Crippen LogP contribution >= 0.6 is 11.3 Å². The van der Waals surface area contributed by atoms with Crippen molar-refractivity contribution in [1.82, 2.24) is 4.90 Å². The van der Waals surface area contributed by atoms with Crippen molar-refractivity contribution in [2.24, 2.45) is 5.73 Å². The Kier molecular flexibility index (Phi) is 3.78. The number of piperidine rings is 1. The Bertz CT molecular complexity index is 284. The Morgan fingerprint density at radius 2 is 2.47 bits per heavy atom. The Hall–Kier alpha value is -0.380. The molecule has 1 aromatic rings. The molecular weight excluding hydrogens is 204 g/mol. The molecule has 1 aromatic heterocycles. The van der Waals surface area contributed by atoms with Gasteiger partial charge in [0.05, 0.1) is 0 Å². The van der Waals surface area contributed by atoms with Gasteiger partial charge < -0.3 is 5.73 Å². The molecule has 1 fully saturated rings. The number of rotatable bonds is 3. The van der Waals surface area contributed by atoms with Crippen LogP contribution in [0.4, 0.5) is 0 Å². The van der Waals surface area contributed by atoms with Crippen molar-refractivity contribution in [3.05, 3.63) is 22.4 Å². The fraction of sp³-hybridized carbons (Fsp3) is 0.667. The van der Waals surface area contributed by atoms with Gasteiger partial charge in [-0.1, -0.05) is 12.5 Å². The minimum Gasteiger partial charge on any atom is -0.329 e. The molecule has 2 atom stereocenters. The molecular formula is C12H20N2S. The first-order valence-corrected chi connectivity index (χ1v) is 6.70. The lowest BCUT2D eigenvalue weighted by Gasteiger charge is -2.39. The molecule has 0 aliphatic carbocycles. The number of thiophene rings is 1. The maximum absolute atomic E-state index is 5.85. The van der Waals surface area contributed by atoms with Gasteiger partial charge in [-0.25, -0.2) is 0 Å². The lowest BCUT2D eigenvalue weighted by atomic mass is 10.00. The normalized spacial score (nSPS) is 25.3. The molecule has 1 saturated heterocycles. The maximum atomic E-state index is 5.85. The van der Waals surface area contributed by atoms with Crippen molar-refractivity contribution in [1.29, 1.82) is 0 Å². The summed E-state index contributed by atoms with van der Waals surface area (Å²) in [7, 11) is 0. The summed E-state index contributed by atoms with van der Waals surface area (Å²) in [5.74, 6) is 0. The van der Waals surface area contributed by atoms with Gasteiger partial charge in [-0.15, -0.1) is 11.3 Å². The number of nitrogens with zero attached hydrogens (tertiary/aromatic N) is 1. The number of likely N-dealkylation sites (tertiary alicyclic amines) is 1. The van der Waals surface area contributed by atoms with Crippen LogP contribution < -0.4 is 5.73 Å². The molecule has 0 saturated carbocycles. The smallest absolute Gasteiger partial charge is 0.0416 e. The van der Waals surface area contributed by atoms with E-state index in [1.807, 2.05) is 11.3 Å². The highest BCUT2D eigenvalue weighted by Gasteiger charge is 2.26. The number of nitrogens with two attached hydrogens (primary N) is 1. The zero-order valence-electron chi connectivity index (χ0n) is 9.36. The molecule has 1 aliphatic rings. The fourth-order valence-electron chi connectivity index (χ4n) is 2.48. The van der Waals surface area contributed by atoms with Crippen molar-refractivity contribution in [2.45, 2.75) is 38.3 Å². The zero-order valence-corrected chi connectivity index (χ0v) is 10.2. The number of hydrogen-bond donors (Lipinski definition) is 1. The van der Waals surface area contributed by atoms with Crippen molar-refractivity contribution in [3.8, 4) is 0 Å². The third kappa shape index (κ3) is 2.41. The van der Waals surface area contributed by atoms with E-state index in [2.05, 4.69) is 29.3 Å². The van der Waals surface area contributed by atoms with Gasteiger partial charge in [0.15, 0.2) is 0 Å². The molecule has 2 heterocycles. The first-order valence-electron chi connectivity index (χ1n) is 5.82. The molecule has 3 heteroatoms. The Balaban J connectivity index is 2.07. The second-order valence-corrected chi connectivity index (χ2v) is 5.29. The second kappa shape index (κ2) is 5.10. The molecule has 0 unspecified atom stereocenters. The summed E-state index contributed by atoms with van der Waals surface area (Å²) in [5.41, 5.74) is 5.85. The molecule has 84 valence electrons. The predicted octanol–water partition coefficient (Wildman–Crippen LogP) is 2.62. The van der Waals surface area contributed by atoms with Crippen molar-refractivity contribution >= 4 is 11.3 Å². The van der Waals surface area contributed by atoms with Crippen LogP contribution in [0.3, 0.4) is 0 Å². The van der Waals surface area contributed by atoms with E-state index in [-0.39, 0.29) is 0 Å². The van der Waals surface area contributed by atoms with E-state index >= 15 is 0 Å². The van der Waals surface area contributed by atoms with Gasteiger partial charge in [0.1, 0.15) is 0 Å². The van der Waals surface area contributed by atoms with Gasteiger partial charge >= 0.3 is 0 Å². The maximum Gasteiger partial charge on any atom is 0.0416 e. The summed E-state index contributed by atoms with van der Waals surface area (Å²) in [4.78, 5) is 4.05. The lowest BCUT2D eigenvalue weighted by molar-refractivity contribution is 0.109. The summed E-state index contributed by atoms with van der Waals surface area (Å²) in [5, 5.41) is 2.16. The Labute approximate surface area is 96.1 Å². The average Bonchev–Trinajstić information content (AvgIpc) is 2.81. The van der Waals surface area contributed by atoms with Crippen LogP contribution in [-0.2, 0) is 0 Å². The largest absolute Gasteiger partial charge is 0.329 e. The van der Waals surface area contributed by atoms with Crippen molar-refractivity contribution in [2.75, 3.05) is 13.1 Å². The third-order valence-electron chi connectivity index (χ3n) is 3.40. The van der Waals surface area contributed by atoms with E-state index in [0.29, 0.717) is 12.1 Å². The minimum absolute atomic E-state index is 0.541. The van der Waals surface area contributed by atoms with Crippen LogP contribution in [0.5, 0.6) is 0 Å². The minimum atomic E-state index is 0.541. The Morgan fingerprint density at radius 3 is 3.13 bits per heavy atom. The summed E-state index contributed by atoms with van der Waals surface area (Å²) in [6, 6.07) is 5.50. The standard InChI is InChI=1S/C12H20N2S/c1-10(12-6-4-8-15-12)14-7-3-2-5-11(14)9-13/h4,6,8,10-11H,2-3,5,7,9,13H2,1H3/t10-,11+/m1/s1. The van der Waals surface area contributed by atoms with Gasteiger partial charge in [-0.05, 0) is 37.8 Å². The van der Waals surface area contributed by atoms with E-state index < -0.39 is 0 Å². The molecule has 0 amide bonds. The van der Waals surface area contributed by atoms with E-state index in [0.717, 1.165) is 6.54 Å². The fourth-order valence-corrected chi connectivity index (χ4v) is 3.28. The summed E-state index contributed by atoms with van der Waals surface area (Å²) >= 11 is 1.85. The first kappa shape index (κ1) is 11.1. The molecule has 2 rings (SSSR count). The van der Waals surface area contributed by atoms with E-state index in [1.54, 1.807) is 0 Å². The highest BCUT2D eigenvalue weighted by molar-refractivity contribution is 7.10. The van der Waals surface area contributed by atoms with Gasteiger partial charge in [0, 0.05) is 23.5 Å². The molecule has 2 nitrogen and oxygen atoms in total. The highest BCUT2D eigenvalue weighted by atomic mass is 32.1. The van der Waals surface area contributed by atoms with Gasteiger partial charge in [0.25, 0.3) is 0 Å². The molecule has 0 aromatic carbocycles. The first-order chi connectivity index (χ1) is 7.33. The van der Waals surface area contributed by atoms with Crippen LogP contribution in [0.15, 0.2) is 17.5 Å². The monoisotopic (exact) mass is 224 g/mol. The van der Waals surface area contributed by atoms with Crippen LogP contribution in [0.1, 0.15) is 37.1 Å². The molecule has 0 radical (unpaired) electrons. The van der Waals surface area contributed by atoms with Crippen molar-refractivity contribution in [3.63, 3.8) is 0 Å². The van der Waals surface area contributed by atoms with E-state index in [4.69, 9.17) is 5.73 Å². The van der Waals surface area contributed by atoms with E-state index in [1.165, 1.54) is 30.7 Å². The molecule has 2 N–H and O–H groups in total. The van der Waals surface area contributed by atoms with Crippen LogP contribution in [0, 0.1) is 0 Å². The van der Waals surface area contributed by atoms with E-state index in [9.17, 15) is 0 Å². The molecule has 0 bridgehead atoms. The zero-order chi connectivity index (χ0) is 10.7. The lowest BCUT2D eigenvalue weighted by Crippen LogP contribution is -2.45. The third-order valence-corrected chi connectivity index (χ3v) is 4.44. The van der Waals surface area contributed by atoms with Crippen LogP contribution in [0.25, 0.3) is 0 Å². The molecule has 1 aliphatic heterocycles. The SMILES string of the molecule is C[C@H](c1cccs1)N1CCCC[C@H]1CN. The van der Waals surface area contributed by atoms with Gasteiger partial charge in [-0.2, -0.15) is 0 Å². The van der Waals surface area contributed by atoms with Crippen LogP contribution in [-0.4, -0.2) is 24.0 Å². The highest BCUT2D eigenvalue weighted by Crippen LogP contribution is 2.30. The topological polar surface area (TPSA) is 29.3 Å². The van der Waals surface area contributed by atoms with Crippen LogP contribution in [0.2, 0.25) is 0 Å². The quantitative estimate of drug-likeness (QED) is 0.855. The average molecular weight is 224 g/mol. The summed E-state index contributed by atoms with van der Waals surface area (Å²) < 4.78 is 0. The second-order valence-electron chi connectivity index (χ2n) is 4.31. The number of hydrogen-bond acceptors (Lipinski definition) is 3. The summed E-state index contributed by atoms with van der Waals surface area (Å²) in [6.07, 6.45) is 3.94. The summed E-state index contributed by atoms with van der Waals surface area (Å²) in [6.45, 7) is 4.32. The van der Waals surface area contributed by atoms with Gasteiger partial charge in [-0.3, -0.25) is 4.90 Å².